The summed E-state index contributed by atoms with van der Waals surface area (Å²) in [6.07, 6.45) is 3.17. The van der Waals surface area contributed by atoms with Gasteiger partial charge in [-0.2, -0.15) is 0 Å². The summed E-state index contributed by atoms with van der Waals surface area (Å²) in [7, 11) is 1.33. The minimum Gasteiger partial charge on any atom is -0.467 e. The smallest absolute Gasteiger partial charge is 0.356 e. The lowest BCUT2D eigenvalue weighted by atomic mass is 10.3. The predicted molar refractivity (Wildman–Crippen MR) is 61.6 cm³/mol. The van der Waals surface area contributed by atoms with E-state index in [1.807, 2.05) is 12.1 Å². The molecule has 17 heavy (non-hydrogen) atoms. The van der Waals surface area contributed by atoms with Crippen LogP contribution in [0.25, 0.3) is 0 Å². The summed E-state index contributed by atoms with van der Waals surface area (Å²) in [6, 6.07) is 7.10. The third-order valence-corrected chi connectivity index (χ3v) is 2.20. The molecule has 0 unspecified atom stereocenters. The van der Waals surface area contributed by atoms with Gasteiger partial charge in [-0.15, -0.1) is 0 Å². The van der Waals surface area contributed by atoms with E-state index >= 15 is 0 Å². The lowest BCUT2D eigenvalue weighted by Gasteiger charge is -2.05. The zero-order valence-corrected chi connectivity index (χ0v) is 9.34. The number of nitrogens with one attached hydrogen (secondary N) is 1. The quantitative estimate of drug-likeness (QED) is 0.817. The predicted octanol–water partition coefficient (Wildman–Crippen LogP) is 2.07. The van der Waals surface area contributed by atoms with E-state index < -0.39 is 5.97 Å². The highest BCUT2D eigenvalue weighted by atomic mass is 16.5. The maximum absolute atomic E-state index is 11.3. The van der Waals surface area contributed by atoms with Crippen LogP contribution in [0.3, 0.4) is 0 Å². The number of esters is 1. The van der Waals surface area contributed by atoms with Crippen molar-refractivity contribution in [3.05, 3.63) is 48.2 Å². The van der Waals surface area contributed by atoms with Crippen LogP contribution >= 0.6 is 0 Å². The number of hydrogen-bond donors (Lipinski definition) is 1. The highest BCUT2D eigenvalue weighted by Gasteiger charge is 2.07. The first-order chi connectivity index (χ1) is 8.29. The average molecular weight is 232 g/mol. The van der Waals surface area contributed by atoms with Crippen molar-refractivity contribution in [3.63, 3.8) is 0 Å². The summed E-state index contributed by atoms with van der Waals surface area (Å²) in [4.78, 5) is 15.2. The minimum absolute atomic E-state index is 0.275. The summed E-state index contributed by atoms with van der Waals surface area (Å²) < 4.78 is 9.78. The zero-order valence-electron chi connectivity index (χ0n) is 9.34. The van der Waals surface area contributed by atoms with Crippen LogP contribution in [0.1, 0.15) is 16.2 Å². The van der Waals surface area contributed by atoms with E-state index in [-0.39, 0.29) is 5.69 Å². The molecule has 5 nitrogen and oxygen atoms in total. The lowest BCUT2D eigenvalue weighted by molar-refractivity contribution is 0.0594. The first-order valence-corrected chi connectivity index (χ1v) is 5.10. The van der Waals surface area contributed by atoms with Gasteiger partial charge in [-0.05, 0) is 24.3 Å². The molecule has 88 valence electrons. The van der Waals surface area contributed by atoms with Gasteiger partial charge in [0.05, 0.1) is 19.9 Å². The van der Waals surface area contributed by atoms with E-state index in [0.717, 1.165) is 11.4 Å². The van der Waals surface area contributed by atoms with Crippen molar-refractivity contribution in [1.29, 1.82) is 0 Å². The second-order valence-corrected chi connectivity index (χ2v) is 3.35. The summed E-state index contributed by atoms with van der Waals surface area (Å²) in [5, 5.41) is 3.12. The Bertz CT molecular complexity index is 494. The van der Waals surface area contributed by atoms with Gasteiger partial charge in [0.15, 0.2) is 0 Å². The Hall–Kier alpha value is -2.30. The Balaban J connectivity index is 2.03. The zero-order chi connectivity index (χ0) is 12.1. The van der Waals surface area contributed by atoms with Crippen molar-refractivity contribution < 1.29 is 13.9 Å². The largest absolute Gasteiger partial charge is 0.467 e. The van der Waals surface area contributed by atoms with Gasteiger partial charge in [-0.1, -0.05) is 0 Å². The number of carbonyl (C=O) groups is 1. The Morgan fingerprint density at radius 3 is 3.12 bits per heavy atom. The first kappa shape index (κ1) is 11.2. The van der Waals surface area contributed by atoms with Gasteiger partial charge in [-0.3, -0.25) is 0 Å². The van der Waals surface area contributed by atoms with Crippen LogP contribution < -0.4 is 5.32 Å². The van der Waals surface area contributed by atoms with E-state index in [2.05, 4.69) is 15.0 Å². The van der Waals surface area contributed by atoms with Crippen molar-refractivity contribution in [3.8, 4) is 0 Å². The molecule has 0 saturated heterocycles. The van der Waals surface area contributed by atoms with Crippen molar-refractivity contribution in [2.75, 3.05) is 12.4 Å². The molecule has 0 atom stereocenters. The van der Waals surface area contributed by atoms with Gasteiger partial charge in [0.25, 0.3) is 0 Å². The highest BCUT2D eigenvalue weighted by Crippen LogP contribution is 2.11. The standard InChI is InChI=1S/C12H12N2O3/c1-16-12(15)11-7-9(4-5-13-11)14-8-10-3-2-6-17-10/h2-7H,8H2,1H3,(H,13,14). The highest BCUT2D eigenvalue weighted by molar-refractivity contribution is 5.88. The normalized spacial score (nSPS) is 9.94. The molecule has 0 fully saturated rings. The number of hydrogen-bond acceptors (Lipinski definition) is 5. The van der Waals surface area contributed by atoms with Gasteiger partial charge >= 0.3 is 5.97 Å². The number of rotatable bonds is 4. The van der Waals surface area contributed by atoms with Crippen LogP contribution in [0.2, 0.25) is 0 Å². The van der Waals surface area contributed by atoms with Crippen LogP contribution in [0.4, 0.5) is 5.69 Å². The SMILES string of the molecule is COC(=O)c1cc(NCc2ccco2)ccn1. The third-order valence-electron chi connectivity index (χ3n) is 2.20. The molecular weight excluding hydrogens is 220 g/mol. The van der Waals surface area contributed by atoms with E-state index in [1.54, 1.807) is 24.6 Å². The summed E-state index contributed by atoms with van der Waals surface area (Å²) in [6.45, 7) is 0.553. The van der Waals surface area contributed by atoms with Gasteiger partial charge in [-0.25, -0.2) is 9.78 Å². The molecule has 0 saturated carbocycles. The van der Waals surface area contributed by atoms with Crippen LogP contribution in [-0.4, -0.2) is 18.1 Å². The van der Waals surface area contributed by atoms with E-state index in [1.165, 1.54) is 7.11 Å². The fraction of sp³-hybridized carbons (Fsp3) is 0.167. The Morgan fingerprint density at radius 1 is 1.53 bits per heavy atom. The van der Waals surface area contributed by atoms with Crippen molar-refractivity contribution in [2.24, 2.45) is 0 Å². The monoisotopic (exact) mass is 232 g/mol. The van der Waals surface area contributed by atoms with Gasteiger partial charge in [0, 0.05) is 11.9 Å². The van der Waals surface area contributed by atoms with Gasteiger partial charge in [0.2, 0.25) is 0 Å². The number of nitrogens with zero attached hydrogens (tertiary/aromatic N) is 1. The molecule has 0 aliphatic rings. The number of carbonyl (C=O) groups excluding carboxylic acids is 1. The molecule has 0 radical (unpaired) electrons. The average Bonchev–Trinajstić information content (AvgIpc) is 2.89. The molecule has 0 aromatic carbocycles. The number of furan rings is 1. The fourth-order valence-corrected chi connectivity index (χ4v) is 1.36. The first-order valence-electron chi connectivity index (χ1n) is 5.10. The van der Waals surface area contributed by atoms with E-state index in [0.29, 0.717) is 6.54 Å². The van der Waals surface area contributed by atoms with Crippen molar-refractivity contribution in [1.82, 2.24) is 4.98 Å². The Kier molecular flexibility index (Phi) is 3.40. The van der Waals surface area contributed by atoms with Crippen LogP contribution in [0.15, 0.2) is 41.1 Å². The molecule has 2 heterocycles. The third kappa shape index (κ3) is 2.84. The molecule has 0 aliphatic carbocycles. The van der Waals surface area contributed by atoms with E-state index in [4.69, 9.17) is 4.42 Å². The van der Waals surface area contributed by atoms with Crippen LogP contribution in [0, 0.1) is 0 Å². The Morgan fingerprint density at radius 2 is 2.41 bits per heavy atom. The van der Waals surface area contributed by atoms with Gasteiger partial charge in [0.1, 0.15) is 11.5 Å². The van der Waals surface area contributed by atoms with Crippen LogP contribution in [0.5, 0.6) is 0 Å². The number of methoxy groups -OCH3 is 1. The van der Waals surface area contributed by atoms with Crippen molar-refractivity contribution in [2.45, 2.75) is 6.54 Å². The lowest BCUT2D eigenvalue weighted by Crippen LogP contribution is -2.05. The second kappa shape index (κ2) is 5.16. The minimum atomic E-state index is -0.452. The summed E-state index contributed by atoms with van der Waals surface area (Å²) in [5.74, 6) is 0.369. The number of ether oxygens (including phenoxy) is 1. The number of aromatic nitrogens is 1. The molecule has 0 amide bonds. The maximum Gasteiger partial charge on any atom is 0.356 e. The molecular formula is C12H12N2O3. The van der Waals surface area contributed by atoms with Gasteiger partial charge < -0.3 is 14.5 Å². The van der Waals surface area contributed by atoms with Crippen LogP contribution in [-0.2, 0) is 11.3 Å². The maximum atomic E-state index is 11.3. The Labute approximate surface area is 98.4 Å². The second-order valence-electron chi connectivity index (χ2n) is 3.35. The molecule has 0 spiro atoms. The number of pyridine rings is 1. The van der Waals surface area contributed by atoms with E-state index in [9.17, 15) is 4.79 Å². The molecule has 0 bridgehead atoms. The molecule has 5 heteroatoms. The molecule has 0 aliphatic heterocycles. The topological polar surface area (TPSA) is 64.4 Å². The summed E-state index contributed by atoms with van der Waals surface area (Å²) >= 11 is 0. The molecule has 2 aromatic rings. The molecule has 1 N–H and O–H groups in total. The molecule has 2 rings (SSSR count). The van der Waals surface area contributed by atoms with Crippen molar-refractivity contribution >= 4 is 11.7 Å². The fourth-order valence-electron chi connectivity index (χ4n) is 1.36. The number of anilines is 1. The summed E-state index contributed by atoms with van der Waals surface area (Å²) in [5.41, 5.74) is 1.06. The molecule has 2 aromatic heterocycles.